The number of anilines is 3. The molecule has 0 aliphatic carbocycles. The minimum Gasteiger partial charge on any atom is -0.396 e. The number of hydrogen-bond donors (Lipinski definition) is 3. The molecule has 5 nitrogen and oxygen atoms in total. The first-order valence-electron chi connectivity index (χ1n) is 7.30. The summed E-state index contributed by atoms with van der Waals surface area (Å²) >= 11 is 0. The first-order valence-corrected chi connectivity index (χ1v) is 7.30. The van der Waals surface area contributed by atoms with E-state index in [1.54, 1.807) is 0 Å². The molecular weight excluding hydrogens is 276 g/mol. The maximum atomic E-state index is 10.8. The molecule has 0 saturated carbocycles. The van der Waals surface area contributed by atoms with Crippen molar-refractivity contribution < 1.29 is 4.79 Å². The van der Waals surface area contributed by atoms with Crippen LogP contribution in [0, 0.1) is 13.8 Å². The minimum atomic E-state index is -0.00260. The van der Waals surface area contributed by atoms with Crippen molar-refractivity contribution in [2.24, 2.45) is 0 Å². The quantitative estimate of drug-likeness (QED) is 0.793. The van der Waals surface area contributed by atoms with Crippen LogP contribution in [0.2, 0.25) is 0 Å². The van der Waals surface area contributed by atoms with Crippen molar-refractivity contribution >= 4 is 23.0 Å². The molecule has 2 aromatic rings. The zero-order valence-electron chi connectivity index (χ0n) is 13.2. The number of aromatic nitrogens is 1. The molecule has 0 bridgehead atoms. The number of hydrogen-bond acceptors (Lipinski definition) is 4. The van der Waals surface area contributed by atoms with Gasteiger partial charge in [0.05, 0.1) is 17.1 Å². The second kappa shape index (κ2) is 6.93. The fourth-order valence-electron chi connectivity index (χ4n) is 2.24. The molecule has 1 amide bonds. The number of carbonyl (C=O) groups is 1. The van der Waals surface area contributed by atoms with Crippen LogP contribution >= 0.6 is 0 Å². The Balaban J connectivity index is 2.04. The molecule has 0 atom stereocenters. The molecule has 5 heteroatoms. The smallest absolute Gasteiger partial charge is 0.216 e. The molecule has 0 radical (unpaired) electrons. The van der Waals surface area contributed by atoms with Crippen molar-refractivity contribution in [1.82, 2.24) is 10.3 Å². The van der Waals surface area contributed by atoms with Gasteiger partial charge in [0, 0.05) is 24.8 Å². The molecule has 0 spiro atoms. The maximum Gasteiger partial charge on any atom is 0.216 e. The zero-order valence-corrected chi connectivity index (χ0v) is 13.2. The summed E-state index contributed by atoms with van der Waals surface area (Å²) in [6.45, 7) is 6.02. The van der Waals surface area contributed by atoms with Crippen LogP contribution in [0.1, 0.15) is 23.9 Å². The fraction of sp³-hybridized carbons (Fsp3) is 0.294. The van der Waals surface area contributed by atoms with E-state index in [0.29, 0.717) is 12.2 Å². The molecule has 0 aliphatic heterocycles. The van der Waals surface area contributed by atoms with Crippen LogP contribution < -0.4 is 16.4 Å². The Hall–Kier alpha value is -2.56. The first-order chi connectivity index (χ1) is 10.5. The van der Waals surface area contributed by atoms with E-state index in [2.05, 4.69) is 15.6 Å². The molecule has 22 heavy (non-hydrogen) atoms. The molecule has 1 aromatic heterocycles. The standard InChI is InChI=1S/C17H22N4O/c1-11-10-16(17(18)12(2)20-11)21-15-6-4-14(5-7-15)8-9-19-13(3)22/h4-7,10H,8-9,18H2,1-3H3,(H,19,22)(H,20,21). The third-order valence-corrected chi connectivity index (χ3v) is 3.40. The van der Waals surface area contributed by atoms with Gasteiger partial charge in [0.1, 0.15) is 0 Å². The molecule has 2 rings (SSSR count). The van der Waals surface area contributed by atoms with Gasteiger partial charge in [-0.05, 0) is 44.0 Å². The predicted molar refractivity (Wildman–Crippen MR) is 90.2 cm³/mol. The number of pyridine rings is 1. The highest BCUT2D eigenvalue weighted by molar-refractivity contribution is 5.74. The molecule has 0 saturated heterocycles. The predicted octanol–water partition coefficient (Wildman–Crippen LogP) is 2.70. The molecule has 0 unspecified atom stereocenters. The van der Waals surface area contributed by atoms with E-state index >= 15 is 0 Å². The van der Waals surface area contributed by atoms with Gasteiger partial charge in [-0.2, -0.15) is 0 Å². The van der Waals surface area contributed by atoms with Gasteiger partial charge >= 0.3 is 0 Å². The lowest BCUT2D eigenvalue weighted by molar-refractivity contribution is -0.118. The number of nitrogens with one attached hydrogen (secondary N) is 2. The largest absolute Gasteiger partial charge is 0.396 e. The maximum absolute atomic E-state index is 10.8. The summed E-state index contributed by atoms with van der Waals surface area (Å²) in [6, 6.07) is 10.0. The van der Waals surface area contributed by atoms with Crippen LogP contribution in [0.3, 0.4) is 0 Å². The van der Waals surface area contributed by atoms with E-state index in [1.807, 2.05) is 44.2 Å². The van der Waals surface area contributed by atoms with Crippen molar-refractivity contribution in [3.63, 3.8) is 0 Å². The lowest BCUT2D eigenvalue weighted by Crippen LogP contribution is -2.22. The average Bonchev–Trinajstić information content (AvgIpc) is 2.45. The van der Waals surface area contributed by atoms with Gasteiger partial charge in [-0.3, -0.25) is 9.78 Å². The van der Waals surface area contributed by atoms with E-state index in [9.17, 15) is 4.79 Å². The Bertz CT molecular complexity index is 665. The summed E-state index contributed by atoms with van der Waals surface area (Å²) < 4.78 is 0. The number of nitrogens with zero attached hydrogens (tertiary/aromatic N) is 1. The van der Waals surface area contributed by atoms with E-state index in [0.717, 1.165) is 29.2 Å². The lowest BCUT2D eigenvalue weighted by Gasteiger charge is -2.12. The van der Waals surface area contributed by atoms with E-state index in [1.165, 1.54) is 12.5 Å². The SMILES string of the molecule is CC(=O)NCCc1ccc(Nc2cc(C)nc(C)c2N)cc1. The number of aryl methyl sites for hydroxylation is 2. The van der Waals surface area contributed by atoms with Crippen LogP contribution in [-0.4, -0.2) is 17.4 Å². The molecule has 0 aliphatic rings. The van der Waals surface area contributed by atoms with Crippen LogP contribution in [0.5, 0.6) is 0 Å². The Labute approximate surface area is 130 Å². The summed E-state index contributed by atoms with van der Waals surface area (Å²) in [6.07, 6.45) is 0.815. The molecule has 0 fully saturated rings. The molecule has 1 heterocycles. The van der Waals surface area contributed by atoms with Gasteiger partial charge in [0.2, 0.25) is 5.91 Å². The first kappa shape index (κ1) is 15.8. The van der Waals surface area contributed by atoms with Gasteiger partial charge in [-0.25, -0.2) is 0 Å². The fourth-order valence-corrected chi connectivity index (χ4v) is 2.24. The minimum absolute atomic E-state index is 0.00260. The number of nitrogen functional groups attached to an aromatic ring is 1. The normalized spacial score (nSPS) is 10.3. The van der Waals surface area contributed by atoms with Crippen molar-refractivity contribution in [2.45, 2.75) is 27.2 Å². The van der Waals surface area contributed by atoms with Gasteiger partial charge in [-0.1, -0.05) is 12.1 Å². The Morgan fingerprint density at radius 2 is 1.91 bits per heavy atom. The number of benzene rings is 1. The van der Waals surface area contributed by atoms with Crippen LogP contribution in [0.4, 0.5) is 17.1 Å². The summed E-state index contributed by atoms with van der Waals surface area (Å²) in [5.41, 5.74) is 11.5. The monoisotopic (exact) mass is 298 g/mol. The third kappa shape index (κ3) is 4.22. The highest BCUT2D eigenvalue weighted by Crippen LogP contribution is 2.26. The summed E-state index contributed by atoms with van der Waals surface area (Å²) in [5.74, 6) is -0.00260. The summed E-state index contributed by atoms with van der Waals surface area (Å²) in [7, 11) is 0. The highest BCUT2D eigenvalue weighted by atomic mass is 16.1. The van der Waals surface area contributed by atoms with Crippen molar-refractivity contribution in [3.05, 3.63) is 47.3 Å². The molecule has 4 N–H and O–H groups in total. The van der Waals surface area contributed by atoms with Crippen molar-refractivity contribution in [3.8, 4) is 0 Å². The summed E-state index contributed by atoms with van der Waals surface area (Å²) in [5, 5.41) is 6.11. The number of nitrogens with two attached hydrogens (primary N) is 1. The van der Waals surface area contributed by atoms with Crippen LogP contribution in [0.15, 0.2) is 30.3 Å². The van der Waals surface area contributed by atoms with E-state index in [4.69, 9.17) is 5.73 Å². The van der Waals surface area contributed by atoms with E-state index in [-0.39, 0.29) is 5.91 Å². The van der Waals surface area contributed by atoms with Crippen molar-refractivity contribution in [1.29, 1.82) is 0 Å². The number of amides is 1. The van der Waals surface area contributed by atoms with Gasteiger partial charge in [0.15, 0.2) is 0 Å². The van der Waals surface area contributed by atoms with Gasteiger partial charge < -0.3 is 16.4 Å². The highest BCUT2D eigenvalue weighted by Gasteiger charge is 2.05. The van der Waals surface area contributed by atoms with E-state index < -0.39 is 0 Å². The Morgan fingerprint density at radius 1 is 1.23 bits per heavy atom. The third-order valence-electron chi connectivity index (χ3n) is 3.40. The van der Waals surface area contributed by atoms with Crippen LogP contribution in [-0.2, 0) is 11.2 Å². The molecule has 116 valence electrons. The topological polar surface area (TPSA) is 80.0 Å². The number of carbonyl (C=O) groups excluding carboxylic acids is 1. The number of rotatable bonds is 5. The average molecular weight is 298 g/mol. The zero-order chi connectivity index (χ0) is 16.1. The molecule has 1 aromatic carbocycles. The Morgan fingerprint density at radius 3 is 2.55 bits per heavy atom. The second-order valence-corrected chi connectivity index (χ2v) is 5.37. The van der Waals surface area contributed by atoms with Crippen molar-refractivity contribution in [2.75, 3.05) is 17.6 Å². The second-order valence-electron chi connectivity index (χ2n) is 5.37. The van der Waals surface area contributed by atoms with Crippen LogP contribution in [0.25, 0.3) is 0 Å². The lowest BCUT2D eigenvalue weighted by atomic mass is 10.1. The Kier molecular flexibility index (Phi) is 4.99. The molecular formula is C17H22N4O. The van der Waals surface area contributed by atoms with Gasteiger partial charge in [-0.15, -0.1) is 0 Å². The summed E-state index contributed by atoms with van der Waals surface area (Å²) in [4.78, 5) is 15.2. The van der Waals surface area contributed by atoms with Gasteiger partial charge in [0.25, 0.3) is 0 Å².